The van der Waals surface area contributed by atoms with Crippen molar-refractivity contribution >= 4 is 35.8 Å². The number of carbonyl (C=O) groups excluding carboxylic acids is 2. The van der Waals surface area contributed by atoms with Crippen molar-refractivity contribution in [3.8, 4) is 6.07 Å². The molecule has 0 radical (unpaired) electrons. The predicted molar refractivity (Wildman–Crippen MR) is 96.7 cm³/mol. The molecule has 0 saturated carbocycles. The molecule has 3 rings (SSSR count). The van der Waals surface area contributed by atoms with Gasteiger partial charge in [0.1, 0.15) is 6.04 Å². The SMILES string of the molecule is Cl.N#C[C@@H]1CCCN1C(=O)[C@@H]1C[C@H](NC(=O)c2ccc(Cl)cc2)CN1. The molecule has 0 spiro atoms. The molecule has 1 aromatic rings. The number of rotatable bonds is 3. The highest BCUT2D eigenvalue weighted by Crippen LogP contribution is 2.20. The van der Waals surface area contributed by atoms with E-state index in [1.807, 2.05) is 0 Å². The zero-order valence-electron chi connectivity index (χ0n) is 13.6. The summed E-state index contributed by atoms with van der Waals surface area (Å²) in [5.41, 5.74) is 0.540. The van der Waals surface area contributed by atoms with Crippen LogP contribution in [0, 0.1) is 11.3 Å². The van der Waals surface area contributed by atoms with Crippen LogP contribution in [-0.2, 0) is 4.79 Å². The molecule has 3 atom stereocenters. The van der Waals surface area contributed by atoms with Gasteiger partial charge in [-0.25, -0.2) is 0 Å². The van der Waals surface area contributed by atoms with E-state index in [1.54, 1.807) is 29.2 Å². The third kappa shape index (κ3) is 4.43. The van der Waals surface area contributed by atoms with Gasteiger partial charge < -0.3 is 15.5 Å². The third-order valence-electron chi connectivity index (χ3n) is 4.56. The van der Waals surface area contributed by atoms with Crippen molar-refractivity contribution in [2.75, 3.05) is 13.1 Å². The van der Waals surface area contributed by atoms with Crippen LogP contribution in [0.5, 0.6) is 0 Å². The highest BCUT2D eigenvalue weighted by molar-refractivity contribution is 6.30. The van der Waals surface area contributed by atoms with E-state index in [0.29, 0.717) is 30.1 Å². The van der Waals surface area contributed by atoms with Gasteiger partial charge >= 0.3 is 0 Å². The number of nitrogens with one attached hydrogen (secondary N) is 2. The van der Waals surface area contributed by atoms with Crippen LogP contribution in [0.2, 0.25) is 5.02 Å². The molecule has 0 aromatic heterocycles. The Bertz CT molecular complexity index is 674. The van der Waals surface area contributed by atoms with Crippen LogP contribution in [0.4, 0.5) is 0 Å². The number of likely N-dealkylation sites (tertiary alicyclic amines) is 1. The first-order chi connectivity index (χ1) is 11.6. The number of nitriles is 1. The first-order valence-corrected chi connectivity index (χ1v) is 8.46. The van der Waals surface area contributed by atoms with E-state index >= 15 is 0 Å². The van der Waals surface area contributed by atoms with Crippen molar-refractivity contribution in [3.63, 3.8) is 0 Å². The topological polar surface area (TPSA) is 85.2 Å². The molecule has 25 heavy (non-hydrogen) atoms. The summed E-state index contributed by atoms with van der Waals surface area (Å²) in [5.74, 6) is -0.218. The molecule has 0 unspecified atom stereocenters. The average Bonchev–Trinajstić information content (AvgIpc) is 3.23. The molecule has 2 heterocycles. The largest absolute Gasteiger partial charge is 0.348 e. The molecule has 2 amide bonds. The van der Waals surface area contributed by atoms with Gasteiger partial charge in [-0.1, -0.05) is 11.6 Å². The molecule has 2 N–H and O–H groups in total. The van der Waals surface area contributed by atoms with Crippen LogP contribution in [-0.4, -0.2) is 47.9 Å². The minimum atomic E-state index is -0.338. The molecule has 2 aliphatic rings. The van der Waals surface area contributed by atoms with Gasteiger partial charge in [-0.05, 0) is 43.5 Å². The summed E-state index contributed by atoms with van der Waals surface area (Å²) in [6, 6.07) is 8.11. The maximum absolute atomic E-state index is 12.5. The van der Waals surface area contributed by atoms with Crippen molar-refractivity contribution in [2.24, 2.45) is 0 Å². The van der Waals surface area contributed by atoms with Crippen molar-refractivity contribution in [1.29, 1.82) is 5.26 Å². The lowest BCUT2D eigenvalue weighted by atomic mass is 10.1. The van der Waals surface area contributed by atoms with E-state index in [0.717, 1.165) is 12.8 Å². The first-order valence-electron chi connectivity index (χ1n) is 8.08. The fourth-order valence-electron chi connectivity index (χ4n) is 3.27. The third-order valence-corrected chi connectivity index (χ3v) is 4.81. The highest BCUT2D eigenvalue weighted by atomic mass is 35.5. The van der Waals surface area contributed by atoms with E-state index < -0.39 is 0 Å². The van der Waals surface area contributed by atoms with Crippen molar-refractivity contribution in [2.45, 2.75) is 37.4 Å². The summed E-state index contributed by atoms with van der Waals surface area (Å²) in [4.78, 5) is 26.4. The maximum Gasteiger partial charge on any atom is 0.251 e. The Labute approximate surface area is 157 Å². The van der Waals surface area contributed by atoms with Crippen LogP contribution < -0.4 is 10.6 Å². The zero-order chi connectivity index (χ0) is 17.1. The summed E-state index contributed by atoms with van der Waals surface area (Å²) >= 11 is 5.82. The van der Waals surface area contributed by atoms with Crippen molar-refractivity contribution in [1.82, 2.24) is 15.5 Å². The van der Waals surface area contributed by atoms with Crippen molar-refractivity contribution in [3.05, 3.63) is 34.9 Å². The summed E-state index contributed by atoms with van der Waals surface area (Å²) < 4.78 is 0. The average molecular weight is 383 g/mol. The molecule has 1 aromatic carbocycles. The van der Waals surface area contributed by atoms with Gasteiger partial charge in [0.25, 0.3) is 5.91 Å². The molecule has 134 valence electrons. The predicted octanol–water partition coefficient (Wildman–Crippen LogP) is 1.74. The lowest BCUT2D eigenvalue weighted by Crippen LogP contribution is -2.45. The van der Waals surface area contributed by atoms with E-state index in [4.69, 9.17) is 16.9 Å². The lowest BCUT2D eigenvalue weighted by molar-refractivity contribution is -0.133. The fraction of sp³-hybridized carbons (Fsp3) is 0.471. The quantitative estimate of drug-likeness (QED) is 0.833. The van der Waals surface area contributed by atoms with Gasteiger partial charge in [0.2, 0.25) is 5.91 Å². The zero-order valence-corrected chi connectivity index (χ0v) is 15.1. The lowest BCUT2D eigenvalue weighted by Gasteiger charge is -2.23. The molecular formula is C17H20Cl2N4O2. The molecule has 2 aliphatic heterocycles. The normalized spacial score (nSPS) is 25.1. The Hall–Kier alpha value is -1.81. The standard InChI is InChI=1S/C17H19ClN4O2.ClH/c18-12-5-3-11(4-6-12)16(23)21-13-8-15(20-10-13)17(24)22-7-1-2-14(22)9-19;/h3-6,13-15,20H,1-2,7-8,10H2,(H,21,23);1H/t13-,14-,15-;/m0./s1. The number of hydrogen-bond donors (Lipinski definition) is 2. The minimum Gasteiger partial charge on any atom is -0.348 e. The molecule has 0 aliphatic carbocycles. The molecular weight excluding hydrogens is 363 g/mol. The first kappa shape index (κ1) is 19.5. The summed E-state index contributed by atoms with van der Waals surface area (Å²) in [6.07, 6.45) is 2.14. The van der Waals surface area contributed by atoms with Crippen LogP contribution in [0.3, 0.4) is 0 Å². The second kappa shape index (κ2) is 8.52. The number of carbonyl (C=O) groups is 2. The number of benzene rings is 1. The Kier molecular flexibility index (Phi) is 6.65. The number of nitrogens with zero attached hydrogens (tertiary/aromatic N) is 2. The minimum absolute atomic E-state index is 0. The maximum atomic E-state index is 12.5. The second-order valence-electron chi connectivity index (χ2n) is 6.19. The highest BCUT2D eigenvalue weighted by Gasteiger charge is 2.37. The second-order valence-corrected chi connectivity index (χ2v) is 6.63. The van der Waals surface area contributed by atoms with Gasteiger partial charge in [0, 0.05) is 29.7 Å². The monoisotopic (exact) mass is 382 g/mol. The number of halogens is 2. The smallest absolute Gasteiger partial charge is 0.251 e. The Morgan fingerprint density at radius 2 is 2.04 bits per heavy atom. The number of amides is 2. The van der Waals surface area contributed by atoms with Gasteiger partial charge in [0.05, 0.1) is 12.1 Å². The number of hydrogen-bond acceptors (Lipinski definition) is 4. The molecule has 8 heteroatoms. The molecule has 2 saturated heterocycles. The molecule has 0 bridgehead atoms. The van der Waals surface area contributed by atoms with E-state index in [9.17, 15) is 9.59 Å². The van der Waals surface area contributed by atoms with Gasteiger partial charge in [-0.2, -0.15) is 5.26 Å². The van der Waals surface area contributed by atoms with E-state index in [-0.39, 0.29) is 42.3 Å². The van der Waals surface area contributed by atoms with Gasteiger partial charge in [0.15, 0.2) is 0 Å². The molecule has 2 fully saturated rings. The van der Waals surface area contributed by atoms with Gasteiger partial charge in [-0.15, -0.1) is 12.4 Å². The van der Waals surface area contributed by atoms with Crippen LogP contribution in [0.25, 0.3) is 0 Å². The Balaban J connectivity index is 0.00000225. The van der Waals surface area contributed by atoms with E-state index in [2.05, 4.69) is 16.7 Å². The van der Waals surface area contributed by atoms with Crippen molar-refractivity contribution < 1.29 is 9.59 Å². The Morgan fingerprint density at radius 1 is 1.32 bits per heavy atom. The van der Waals surface area contributed by atoms with Crippen LogP contribution >= 0.6 is 24.0 Å². The van der Waals surface area contributed by atoms with Crippen LogP contribution in [0.15, 0.2) is 24.3 Å². The summed E-state index contributed by atoms with van der Waals surface area (Å²) in [6.45, 7) is 1.18. The summed E-state index contributed by atoms with van der Waals surface area (Å²) in [5, 5.41) is 15.8. The Morgan fingerprint density at radius 3 is 2.72 bits per heavy atom. The molecule has 6 nitrogen and oxygen atoms in total. The summed E-state index contributed by atoms with van der Waals surface area (Å²) in [7, 11) is 0. The van der Waals surface area contributed by atoms with E-state index in [1.165, 1.54) is 0 Å². The van der Waals surface area contributed by atoms with Gasteiger partial charge in [-0.3, -0.25) is 9.59 Å². The van der Waals surface area contributed by atoms with Crippen LogP contribution in [0.1, 0.15) is 29.6 Å². The fourth-order valence-corrected chi connectivity index (χ4v) is 3.39.